The molecule has 0 fully saturated rings. The third-order valence-electron chi connectivity index (χ3n) is 3.02. The van der Waals surface area contributed by atoms with Crippen LogP contribution < -0.4 is 5.32 Å². The number of hydrogen-bond acceptors (Lipinski definition) is 5. The number of carbonyl (C=O) groups is 1. The minimum Gasteiger partial charge on any atom is -0.393 e. The van der Waals surface area contributed by atoms with E-state index in [1.54, 1.807) is 25.3 Å². The molecule has 2 N–H and O–H groups in total. The normalized spacial score (nSPS) is 11.9. The second-order valence-corrected chi connectivity index (χ2v) is 4.84. The van der Waals surface area contributed by atoms with Crippen molar-refractivity contribution in [1.29, 1.82) is 0 Å². The van der Waals surface area contributed by atoms with E-state index in [0.717, 1.165) is 0 Å². The number of nitro groups is 1. The molecule has 0 bridgehead atoms. The summed E-state index contributed by atoms with van der Waals surface area (Å²) < 4.78 is 1.47. The maximum atomic E-state index is 11.9. The number of benzene rings is 1. The molecule has 0 aliphatic rings. The van der Waals surface area contributed by atoms with Gasteiger partial charge in [-0.1, -0.05) is 0 Å². The molecule has 0 saturated heterocycles. The van der Waals surface area contributed by atoms with E-state index < -0.39 is 11.0 Å². The van der Waals surface area contributed by atoms with Gasteiger partial charge in [0.2, 0.25) is 0 Å². The molecule has 1 heterocycles. The van der Waals surface area contributed by atoms with Gasteiger partial charge in [0.15, 0.2) is 0 Å². The molecule has 8 nitrogen and oxygen atoms in total. The van der Waals surface area contributed by atoms with Gasteiger partial charge in [-0.3, -0.25) is 14.9 Å². The van der Waals surface area contributed by atoms with Crippen molar-refractivity contribution in [3.05, 3.63) is 52.3 Å². The highest BCUT2D eigenvalue weighted by Crippen LogP contribution is 2.15. The fraction of sp³-hybridized carbons (Fsp3) is 0.286. The molecule has 8 heteroatoms. The van der Waals surface area contributed by atoms with E-state index in [1.807, 2.05) is 0 Å². The Kier molecular flexibility index (Phi) is 4.84. The van der Waals surface area contributed by atoms with Crippen LogP contribution in [-0.2, 0) is 0 Å². The molecule has 0 aliphatic carbocycles. The molecule has 116 valence electrons. The number of aliphatic hydroxyl groups excluding tert-OH is 1. The molecule has 1 atom stereocenters. The van der Waals surface area contributed by atoms with E-state index in [-0.39, 0.29) is 11.6 Å². The smallest absolute Gasteiger partial charge is 0.269 e. The molecule has 1 amide bonds. The molecule has 1 aromatic heterocycles. The average Bonchev–Trinajstić information content (AvgIpc) is 2.96. The van der Waals surface area contributed by atoms with Crippen LogP contribution in [0.25, 0.3) is 5.69 Å². The Labute approximate surface area is 126 Å². The number of nitrogens with zero attached hydrogens (tertiary/aromatic N) is 3. The zero-order valence-corrected chi connectivity index (χ0v) is 12.0. The molecular weight excluding hydrogens is 288 g/mol. The van der Waals surface area contributed by atoms with Crippen LogP contribution in [0.4, 0.5) is 5.69 Å². The van der Waals surface area contributed by atoms with E-state index in [9.17, 15) is 14.9 Å². The van der Waals surface area contributed by atoms with Crippen molar-refractivity contribution in [1.82, 2.24) is 15.1 Å². The zero-order chi connectivity index (χ0) is 16.1. The van der Waals surface area contributed by atoms with Crippen LogP contribution in [0.5, 0.6) is 0 Å². The van der Waals surface area contributed by atoms with E-state index in [4.69, 9.17) is 5.11 Å². The van der Waals surface area contributed by atoms with Gasteiger partial charge in [0.05, 0.1) is 28.5 Å². The summed E-state index contributed by atoms with van der Waals surface area (Å²) >= 11 is 0. The Bertz CT molecular complexity index is 664. The van der Waals surface area contributed by atoms with Crippen molar-refractivity contribution in [3.8, 4) is 5.69 Å². The minimum atomic E-state index is -0.478. The second kappa shape index (κ2) is 6.81. The van der Waals surface area contributed by atoms with Gasteiger partial charge in [0, 0.05) is 24.9 Å². The topological polar surface area (TPSA) is 110 Å². The van der Waals surface area contributed by atoms with Crippen LogP contribution in [0.1, 0.15) is 23.7 Å². The fourth-order valence-corrected chi connectivity index (χ4v) is 1.80. The lowest BCUT2D eigenvalue weighted by Crippen LogP contribution is -2.26. The largest absolute Gasteiger partial charge is 0.393 e. The fourth-order valence-electron chi connectivity index (χ4n) is 1.80. The van der Waals surface area contributed by atoms with Gasteiger partial charge in [-0.05, 0) is 25.5 Å². The van der Waals surface area contributed by atoms with Crippen LogP contribution in [-0.4, -0.2) is 38.4 Å². The molecule has 0 radical (unpaired) electrons. The number of non-ortho nitro benzene ring substituents is 1. The van der Waals surface area contributed by atoms with Crippen molar-refractivity contribution >= 4 is 11.6 Å². The monoisotopic (exact) mass is 304 g/mol. The predicted molar refractivity (Wildman–Crippen MR) is 78.8 cm³/mol. The van der Waals surface area contributed by atoms with Crippen LogP contribution in [0.2, 0.25) is 0 Å². The van der Waals surface area contributed by atoms with Crippen molar-refractivity contribution in [3.63, 3.8) is 0 Å². The van der Waals surface area contributed by atoms with Gasteiger partial charge in [-0.25, -0.2) is 4.68 Å². The van der Waals surface area contributed by atoms with Gasteiger partial charge in [-0.15, -0.1) is 0 Å². The molecule has 2 rings (SSSR count). The summed E-state index contributed by atoms with van der Waals surface area (Å²) in [6.07, 6.45) is 2.96. The van der Waals surface area contributed by atoms with E-state index in [2.05, 4.69) is 10.4 Å². The highest BCUT2D eigenvalue weighted by Gasteiger charge is 2.10. The summed E-state index contributed by atoms with van der Waals surface area (Å²) in [5.74, 6) is -0.284. The molecule has 1 unspecified atom stereocenters. The third kappa shape index (κ3) is 3.89. The number of aromatic nitrogens is 2. The zero-order valence-electron chi connectivity index (χ0n) is 12.0. The SMILES string of the molecule is CC(O)CCNC(=O)c1cnn(-c2ccc([N+](=O)[O-])cc2)c1. The molecule has 0 spiro atoms. The van der Waals surface area contributed by atoms with Crippen molar-refractivity contribution in [2.75, 3.05) is 6.54 Å². The minimum absolute atomic E-state index is 0.00741. The van der Waals surface area contributed by atoms with Crippen LogP contribution in [0, 0.1) is 10.1 Å². The van der Waals surface area contributed by atoms with Crippen molar-refractivity contribution < 1.29 is 14.8 Å². The van der Waals surface area contributed by atoms with Gasteiger partial charge in [0.1, 0.15) is 0 Å². The van der Waals surface area contributed by atoms with Crippen LogP contribution >= 0.6 is 0 Å². The summed E-state index contributed by atoms with van der Waals surface area (Å²) in [5.41, 5.74) is 0.990. The first-order valence-electron chi connectivity index (χ1n) is 6.73. The number of nitrogens with one attached hydrogen (secondary N) is 1. The summed E-state index contributed by atoms with van der Waals surface area (Å²) in [6.45, 7) is 2.03. The lowest BCUT2D eigenvalue weighted by Gasteiger charge is -2.05. The predicted octanol–water partition coefficient (Wildman–Crippen LogP) is 1.28. The lowest BCUT2D eigenvalue weighted by molar-refractivity contribution is -0.384. The standard InChI is InChI=1S/C14H16N4O4/c1-10(19)6-7-15-14(20)11-8-16-17(9-11)12-2-4-13(5-3-12)18(21)22/h2-5,8-10,19H,6-7H2,1H3,(H,15,20). The number of hydrogen-bond donors (Lipinski definition) is 2. The Morgan fingerprint density at radius 3 is 2.73 bits per heavy atom. The molecule has 1 aromatic carbocycles. The second-order valence-electron chi connectivity index (χ2n) is 4.84. The average molecular weight is 304 g/mol. The maximum Gasteiger partial charge on any atom is 0.269 e. The summed E-state index contributed by atoms with van der Waals surface area (Å²) in [7, 11) is 0. The number of aliphatic hydroxyl groups is 1. The molecule has 22 heavy (non-hydrogen) atoms. The van der Waals surface area contributed by atoms with Crippen molar-refractivity contribution in [2.24, 2.45) is 0 Å². The molecule has 0 saturated carbocycles. The number of nitro benzene ring substituents is 1. The maximum absolute atomic E-state index is 11.9. The Morgan fingerprint density at radius 1 is 1.45 bits per heavy atom. The Hall–Kier alpha value is -2.74. The first kappa shape index (κ1) is 15.6. The first-order chi connectivity index (χ1) is 10.5. The third-order valence-corrected chi connectivity index (χ3v) is 3.02. The quantitative estimate of drug-likeness (QED) is 0.617. The Morgan fingerprint density at radius 2 is 2.14 bits per heavy atom. The summed E-state index contributed by atoms with van der Waals surface area (Å²) in [5, 5.41) is 26.5. The number of amides is 1. The van der Waals surface area contributed by atoms with E-state index in [0.29, 0.717) is 24.2 Å². The van der Waals surface area contributed by atoms with E-state index >= 15 is 0 Å². The molecule has 2 aromatic rings. The number of rotatable bonds is 6. The highest BCUT2D eigenvalue weighted by molar-refractivity contribution is 5.93. The number of carbonyl (C=O) groups excluding carboxylic acids is 1. The highest BCUT2D eigenvalue weighted by atomic mass is 16.6. The van der Waals surface area contributed by atoms with Gasteiger partial charge < -0.3 is 10.4 Å². The Balaban J connectivity index is 2.04. The first-order valence-corrected chi connectivity index (χ1v) is 6.73. The molecule has 0 aliphatic heterocycles. The van der Waals surface area contributed by atoms with Crippen LogP contribution in [0.3, 0.4) is 0 Å². The molecular formula is C14H16N4O4. The van der Waals surface area contributed by atoms with Gasteiger partial charge >= 0.3 is 0 Å². The van der Waals surface area contributed by atoms with Gasteiger partial charge in [-0.2, -0.15) is 5.10 Å². The summed E-state index contributed by atoms with van der Waals surface area (Å²) in [6, 6.07) is 5.86. The summed E-state index contributed by atoms with van der Waals surface area (Å²) in [4.78, 5) is 22.0. The van der Waals surface area contributed by atoms with Crippen LogP contribution in [0.15, 0.2) is 36.7 Å². The lowest BCUT2D eigenvalue weighted by atomic mass is 10.2. The van der Waals surface area contributed by atoms with Gasteiger partial charge in [0.25, 0.3) is 11.6 Å². The van der Waals surface area contributed by atoms with Crippen molar-refractivity contribution in [2.45, 2.75) is 19.4 Å². The van der Waals surface area contributed by atoms with E-state index in [1.165, 1.54) is 23.0 Å².